The van der Waals surface area contributed by atoms with Crippen LogP contribution in [0.2, 0.25) is 0 Å². The summed E-state index contributed by atoms with van der Waals surface area (Å²) in [5, 5.41) is 0.313. The summed E-state index contributed by atoms with van der Waals surface area (Å²) < 4.78 is 0. The van der Waals surface area contributed by atoms with Crippen LogP contribution in [0.1, 0.15) is 60.8 Å². The first-order chi connectivity index (χ1) is 8.70. The van der Waals surface area contributed by atoms with Gasteiger partial charge in [-0.25, -0.2) is 0 Å². The highest BCUT2D eigenvalue weighted by molar-refractivity contribution is 6.20. The molecule has 0 aliphatic heterocycles. The average molecular weight is 283 g/mol. The number of halogens is 1. The predicted octanol–water partition coefficient (Wildman–Crippen LogP) is 5.59. The molecule has 8 unspecified atom stereocenters. The van der Waals surface area contributed by atoms with E-state index >= 15 is 0 Å². The number of hydrogen-bond acceptors (Lipinski definition) is 0. The maximum Gasteiger partial charge on any atom is 0.0313 e. The summed E-state index contributed by atoms with van der Waals surface area (Å²) in [6.45, 7) is 14.7. The highest BCUT2D eigenvalue weighted by Gasteiger charge is 2.74. The maximum atomic E-state index is 6.34. The third kappa shape index (κ3) is 1.84. The molecule has 0 aromatic heterocycles. The van der Waals surface area contributed by atoms with Gasteiger partial charge in [-0.3, -0.25) is 0 Å². The van der Waals surface area contributed by atoms with E-state index in [-0.39, 0.29) is 0 Å². The van der Waals surface area contributed by atoms with Gasteiger partial charge in [0.25, 0.3) is 0 Å². The summed E-state index contributed by atoms with van der Waals surface area (Å²) in [7, 11) is 0. The van der Waals surface area contributed by atoms with Gasteiger partial charge < -0.3 is 0 Å². The zero-order valence-corrected chi connectivity index (χ0v) is 14.3. The normalized spacial score (nSPS) is 53.8. The fourth-order valence-corrected chi connectivity index (χ4v) is 7.01. The molecule has 3 fully saturated rings. The van der Waals surface area contributed by atoms with Gasteiger partial charge in [-0.2, -0.15) is 0 Å². The average Bonchev–Trinajstić information content (AvgIpc) is 2.90. The van der Waals surface area contributed by atoms with E-state index in [2.05, 4.69) is 41.5 Å². The molecule has 2 bridgehead atoms. The van der Waals surface area contributed by atoms with E-state index in [0.717, 1.165) is 40.9 Å². The zero-order chi connectivity index (χ0) is 14.2. The molecule has 110 valence electrons. The van der Waals surface area contributed by atoms with Gasteiger partial charge in [0.2, 0.25) is 0 Å². The Labute approximate surface area is 124 Å². The Balaban J connectivity index is 1.91. The second kappa shape index (κ2) is 4.15. The Hall–Kier alpha value is 0.290. The summed E-state index contributed by atoms with van der Waals surface area (Å²) >= 11 is 6.34. The summed E-state index contributed by atoms with van der Waals surface area (Å²) in [6.07, 6.45) is 4.20. The van der Waals surface area contributed by atoms with Crippen molar-refractivity contribution in [3.63, 3.8) is 0 Å². The smallest absolute Gasteiger partial charge is 0.0313 e. The lowest BCUT2D eigenvalue weighted by atomic mass is 9.59. The Morgan fingerprint density at radius 2 is 1.84 bits per heavy atom. The van der Waals surface area contributed by atoms with Crippen LogP contribution in [-0.4, -0.2) is 5.38 Å². The van der Waals surface area contributed by atoms with Crippen LogP contribution in [0.4, 0.5) is 0 Å². The van der Waals surface area contributed by atoms with Crippen LogP contribution in [0.3, 0.4) is 0 Å². The summed E-state index contributed by atoms with van der Waals surface area (Å²) in [5.41, 5.74) is 1.16. The quantitative estimate of drug-likeness (QED) is 0.592. The Morgan fingerprint density at radius 3 is 2.42 bits per heavy atom. The van der Waals surface area contributed by atoms with Crippen molar-refractivity contribution in [3.05, 3.63) is 0 Å². The van der Waals surface area contributed by atoms with E-state index in [1.807, 2.05) is 0 Å². The second-order valence-electron chi connectivity index (χ2n) is 8.95. The minimum atomic E-state index is 0.313. The molecule has 8 atom stereocenters. The predicted molar refractivity (Wildman–Crippen MR) is 83.3 cm³/mol. The Bertz CT molecular complexity index is 372. The molecule has 3 rings (SSSR count). The van der Waals surface area contributed by atoms with Gasteiger partial charge in [-0.15, -0.1) is 11.6 Å². The Morgan fingerprint density at radius 1 is 1.21 bits per heavy atom. The third-order valence-electron chi connectivity index (χ3n) is 7.43. The van der Waals surface area contributed by atoms with Gasteiger partial charge in [0.1, 0.15) is 0 Å². The van der Waals surface area contributed by atoms with Crippen LogP contribution < -0.4 is 0 Å². The first-order valence-corrected chi connectivity index (χ1v) is 8.78. The lowest BCUT2D eigenvalue weighted by Crippen LogP contribution is -2.40. The van der Waals surface area contributed by atoms with Crippen molar-refractivity contribution in [1.82, 2.24) is 0 Å². The van der Waals surface area contributed by atoms with Crippen molar-refractivity contribution in [3.8, 4) is 0 Å². The van der Waals surface area contributed by atoms with Crippen LogP contribution in [0.5, 0.6) is 0 Å². The van der Waals surface area contributed by atoms with Crippen molar-refractivity contribution in [2.45, 2.75) is 66.2 Å². The van der Waals surface area contributed by atoms with Gasteiger partial charge in [0.15, 0.2) is 0 Å². The zero-order valence-electron chi connectivity index (χ0n) is 13.5. The third-order valence-corrected chi connectivity index (χ3v) is 7.58. The first-order valence-electron chi connectivity index (χ1n) is 8.35. The van der Waals surface area contributed by atoms with Gasteiger partial charge in [0, 0.05) is 5.38 Å². The fourth-order valence-electron chi connectivity index (χ4n) is 6.62. The molecular formula is C18H31Cl. The number of alkyl halides is 1. The fraction of sp³-hybridized carbons (Fsp3) is 1.00. The number of rotatable bonds is 3. The second-order valence-corrected chi connectivity index (χ2v) is 9.69. The van der Waals surface area contributed by atoms with Crippen molar-refractivity contribution < 1.29 is 0 Å². The van der Waals surface area contributed by atoms with Crippen LogP contribution in [-0.2, 0) is 0 Å². The van der Waals surface area contributed by atoms with Crippen LogP contribution in [0, 0.1) is 46.3 Å². The van der Waals surface area contributed by atoms with Gasteiger partial charge in [-0.1, -0.05) is 34.6 Å². The molecule has 19 heavy (non-hydrogen) atoms. The molecule has 0 aromatic carbocycles. The molecule has 0 N–H and O–H groups in total. The highest BCUT2D eigenvalue weighted by atomic mass is 35.5. The molecular weight excluding hydrogens is 252 g/mol. The SMILES string of the molecule is CC(Cl)CC(C)(C)C1C2C(C)C(C)CC3(CC13)C2C. The van der Waals surface area contributed by atoms with Crippen LogP contribution >= 0.6 is 11.6 Å². The van der Waals surface area contributed by atoms with E-state index in [9.17, 15) is 0 Å². The van der Waals surface area contributed by atoms with Gasteiger partial charge >= 0.3 is 0 Å². The van der Waals surface area contributed by atoms with Crippen LogP contribution in [0.25, 0.3) is 0 Å². The van der Waals surface area contributed by atoms with E-state index < -0.39 is 0 Å². The summed E-state index contributed by atoms with van der Waals surface area (Å²) in [4.78, 5) is 0. The van der Waals surface area contributed by atoms with Crippen molar-refractivity contribution in [1.29, 1.82) is 0 Å². The van der Waals surface area contributed by atoms with Crippen molar-refractivity contribution >= 4 is 11.6 Å². The first kappa shape index (κ1) is 14.2. The minimum absolute atomic E-state index is 0.313. The molecule has 1 heteroatoms. The van der Waals surface area contributed by atoms with Gasteiger partial charge in [-0.05, 0) is 72.5 Å². The molecule has 0 heterocycles. The largest absolute Gasteiger partial charge is 0.123 e. The molecule has 0 aromatic rings. The molecule has 0 saturated heterocycles. The molecule has 1 spiro atoms. The van der Waals surface area contributed by atoms with Crippen LogP contribution in [0.15, 0.2) is 0 Å². The maximum absolute atomic E-state index is 6.34. The molecule has 3 saturated carbocycles. The molecule has 0 amide bonds. The van der Waals surface area contributed by atoms with E-state index in [0.29, 0.717) is 10.8 Å². The van der Waals surface area contributed by atoms with E-state index in [1.165, 1.54) is 19.3 Å². The molecule has 0 radical (unpaired) electrons. The monoisotopic (exact) mass is 282 g/mol. The standard InChI is InChI=1S/C18H31Cl/c1-10-7-18-9-14(18)16(15(12(10)3)13(18)4)17(5,6)8-11(2)19/h10-16H,7-9H2,1-6H3. The minimum Gasteiger partial charge on any atom is -0.123 e. The highest BCUT2D eigenvalue weighted by Crippen LogP contribution is 2.80. The lowest BCUT2D eigenvalue weighted by Gasteiger charge is -2.47. The van der Waals surface area contributed by atoms with Crippen molar-refractivity contribution in [2.75, 3.05) is 0 Å². The molecule has 3 aliphatic rings. The molecule has 3 aliphatic carbocycles. The molecule has 0 nitrogen and oxygen atoms in total. The number of hydrogen-bond donors (Lipinski definition) is 0. The summed E-state index contributed by atoms with van der Waals surface area (Å²) in [5.74, 6) is 5.68. The Kier molecular flexibility index (Phi) is 3.11. The van der Waals surface area contributed by atoms with E-state index in [1.54, 1.807) is 0 Å². The van der Waals surface area contributed by atoms with E-state index in [4.69, 9.17) is 11.6 Å². The lowest BCUT2D eigenvalue weighted by molar-refractivity contribution is 0.0212. The number of fused-ring (bicyclic) bond motifs is 1. The van der Waals surface area contributed by atoms with Crippen molar-refractivity contribution in [2.24, 2.45) is 46.3 Å². The topological polar surface area (TPSA) is 0 Å². The summed E-state index contributed by atoms with van der Waals surface area (Å²) in [6, 6.07) is 0. The van der Waals surface area contributed by atoms with Gasteiger partial charge in [0.05, 0.1) is 0 Å².